The van der Waals surface area contributed by atoms with Crippen LogP contribution in [0.1, 0.15) is 5.56 Å². The highest BCUT2D eigenvalue weighted by atomic mass is 16.5. The van der Waals surface area contributed by atoms with Crippen LogP contribution in [0.25, 0.3) is 0 Å². The molecule has 0 spiro atoms. The summed E-state index contributed by atoms with van der Waals surface area (Å²) in [4.78, 5) is 10.9. The van der Waals surface area contributed by atoms with E-state index in [1.165, 1.54) is 0 Å². The van der Waals surface area contributed by atoms with Crippen molar-refractivity contribution in [2.45, 2.75) is 6.61 Å². The van der Waals surface area contributed by atoms with Gasteiger partial charge in [0.15, 0.2) is 0 Å². The van der Waals surface area contributed by atoms with E-state index < -0.39 is 6.03 Å². The Bertz CT molecular complexity index is 526. The number of carbonyl (C=O) groups excluding carboxylic acids is 1. The third-order valence-corrected chi connectivity index (χ3v) is 2.38. The molecule has 18 heavy (non-hydrogen) atoms. The van der Waals surface area contributed by atoms with Gasteiger partial charge in [-0.1, -0.05) is 42.5 Å². The maximum Gasteiger partial charge on any atom is 0.316 e. The molecule has 2 aromatic rings. The van der Waals surface area contributed by atoms with Crippen LogP contribution in [0.3, 0.4) is 0 Å². The van der Waals surface area contributed by atoms with Gasteiger partial charge in [-0.25, -0.2) is 4.79 Å². The minimum Gasteiger partial charge on any atom is -0.487 e. The molecule has 0 aliphatic rings. The van der Waals surface area contributed by atoms with Crippen molar-refractivity contribution in [2.75, 3.05) is 5.32 Å². The van der Waals surface area contributed by atoms with Crippen molar-refractivity contribution in [3.05, 3.63) is 60.2 Å². The van der Waals surface area contributed by atoms with E-state index in [1.54, 1.807) is 18.2 Å². The zero-order valence-corrected chi connectivity index (χ0v) is 9.80. The van der Waals surface area contributed by atoms with E-state index in [-0.39, 0.29) is 0 Å². The molecule has 2 amide bonds. The van der Waals surface area contributed by atoms with Gasteiger partial charge in [-0.2, -0.15) is 0 Å². The lowest BCUT2D eigenvalue weighted by atomic mass is 10.2. The number of para-hydroxylation sites is 2. The number of nitrogens with two attached hydrogens (primary N) is 1. The lowest BCUT2D eigenvalue weighted by Gasteiger charge is -2.11. The molecular weight excluding hydrogens is 228 g/mol. The van der Waals surface area contributed by atoms with E-state index in [4.69, 9.17) is 10.5 Å². The molecule has 0 aliphatic heterocycles. The van der Waals surface area contributed by atoms with Gasteiger partial charge in [-0.3, -0.25) is 0 Å². The standard InChI is InChI=1S/C14H14N2O2/c15-14(17)16-12-8-4-5-9-13(12)18-10-11-6-2-1-3-7-11/h1-9H,10H2,(H3,15,16,17). The average Bonchev–Trinajstić information content (AvgIpc) is 2.38. The zero-order valence-electron chi connectivity index (χ0n) is 9.80. The highest BCUT2D eigenvalue weighted by molar-refractivity contribution is 5.89. The number of hydrogen-bond acceptors (Lipinski definition) is 2. The van der Waals surface area contributed by atoms with E-state index in [0.717, 1.165) is 5.56 Å². The second-order valence-corrected chi connectivity index (χ2v) is 3.76. The fraction of sp³-hybridized carbons (Fsp3) is 0.0714. The Hall–Kier alpha value is -2.49. The Morgan fingerprint density at radius 1 is 1.06 bits per heavy atom. The first-order valence-corrected chi connectivity index (χ1v) is 5.58. The minimum atomic E-state index is -0.606. The van der Waals surface area contributed by atoms with E-state index in [2.05, 4.69) is 5.32 Å². The molecule has 0 aliphatic carbocycles. The zero-order chi connectivity index (χ0) is 12.8. The SMILES string of the molecule is NC(=O)Nc1ccccc1OCc1ccccc1. The Morgan fingerprint density at radius 3 is 2.44 bits per heavy atom. The maximum absolute atomic E-state index is 10.9. The first-order chi connectivity index (χ1) is 8.75. The number of nitrogens with one attached hydrogen (secondary N) is 1. The first-order valence-electron chi connectivity index (χ1n) is 5.58. The number of benzene rings is 2. The van der Waals surface area contributed by atoms with Crippen molar-refractivity contribution < 1.29 is 9.53 Å². The average molecular weight is 242 g/mol. The van der Waals surface area contributed by atoms with Gasteiger partial charge in [0.05, 0.1) is 5.69 Å². The molecule has 0 radical (unpaired) electrons. The fourth-order valence-electron chi connectivity index (χ4n) is 1.56. The molecular formula is C14H14N2O2. The number of anilines is 1. The van der Waals surface area contributed by atoms with Gasteiger partial charge in [0.2, 0.25) is 0 Å². The number of hydrogen-bond donors (Lipinski definition) is 2. The minimum absolute atomic E-state index is 0.443. The Labute approximate surface area is 105 Å². The van der Waals surface area contributed by atoms with Gasteiger partial charge in [-0.15, -0.1) is 0 Å². The molecule has 0 heterocycles. The largest absolute Gasteiger partial charge is 0.487 e. The quantitative estimate of drug-likeness (QED) is 0.865. The van der Waals surface area contributed by atoms with Crippen molar-refractivity contribution in [3.8, 4) is 5.75 Å². The monoisotopic (exact) mass is 242 g/mol. The number of ether oxygens (including phenoxy) is 1. The van der Waals surface area contributed by atoms with Gasteiger partial charge in [0.1, 0.15) is 12.4 Å². The van der Waals surface area contributed by atoms with Crippen LogP contribution in [0.2, 0.25) is 0 Å². The van der Waals surface area contributed by atoms with E-state index in [0.29, 0.717) is 18.0 Å². The lowest BCUT2D eigenvalue weighted by Crippen LogP contribution is -2.19. The van der Waals surface area contributed by atoms with Crippen molar-refractivity contribution in [2.24, 2.45) is 5.73 Å². The smallest absolute Gasteiger partial charge is 0.316 e. The number of urea groups is 1. The van der Waals surface area contributed by atoms with Gasteiger partial charge >= 0.3 is 6.03 Å². The number of primary amides is 1. The molecule has 4 heteroatoms. The van der Waals surface area contributed by atoms with E-state index in [1.807, 2.05) is 36.4 Å². The molecule has 0 fully saturated rings. The third-order valence-electron chi connectivity index (χ3n) is 2.38. The number of carbonyl (C=O) groups is 1. The first kappa shape index (κ1) is 12.0. The molecule has 0 saturated heterocycles. The summed E-state index contributed by atoms with van der Waals surface area (Å²) in [5.74, 6) is 0.597. The second-order valence-electron chi connectivity index (χ2n) is 3.76. The Balaban J connectivity index is 2.07. The van der Waals surface area contributed by atoms with Crippen LogP contribution in [-0.4, -0.2) is 6.03 Å². The van der Waals surface area contributed by atoms with Gasteiger partial charge in [0.25, 0.3) is 0 Å². The summed E-state index contributed by atoms with van der Waals surface area (Å²) < 4.78 is 5.65. The highest BCUT2D eigenvalue weighted by Crippen LogP contribution is 2.24. The fourth-order valence-corrected chi connectivity index (χ4v) is 1.56. The summed E-state index contributed by atoms with van der Waals surface area (Å²) in [5, 5.41) is 2.52. The number of amides is 2. The van der Waals surface area contributed by atoms with E-state index >= 15 is 0 Å². The second kappa shape index (κ2) is 5.72. The Kier molecular flexibility index (Phi) is 3.81. The summed E-state index contributed by atoms with van der Waals surface area (Å²) in [7, 11) is 0. The van der Waals surface area contributed by atoms with Gasteiger partial charge in [0, 0.05) is 0 Å². The van der Waals surface area contributed by atoms with Crippen LogP contribution in [-0.2, 0) is 6.61 Å². The molecule has 0 unspecified atom stereocenters. The predicted molar refractivity (Wildman–Crippen MR) is 70.4 cm³/mol. The summed E-state index contributed by atoms with van der Waals surface area (Å²) in [5.41, 5.74) is 6.73. The van der Waals surface area contributed by atoms with Gasteiger partial charge in [-0.05, 0) is 17.7 Å². The molecule has 4 nitrogen and oxygen atoms in total. The van der Waals surface area contributed by atoms with Crippen LogP contribution in [0.4, 0.5) is 10.5 Å². The van der Waals surface area contributed by atoms with E-state index in [9.17, 15) is 4.79 Å². The van der Waals surface area contributed by atoms with Crippen molar-refractivity contribution in [1.29, 1.82) is 0 Å². The highest BCUT2D eigenvalue weighted by Gasteiger charge is 2.04. The molecule has 3 N–H and O–H groups in total. The topological polar surface area (TPSA) is 64.4 Å². The molecule has 0 aromatic heterocycles. The molecule has 0 saturated carbocycles. The third kappa shape index (κ3) is 3.25. The number of rotatable bonds is 4. The normalized spacial score (nSPS) is 9.78. The predicted octanol–water partition coefficient (Wildman–Crippen LogP) is 2.76. The molecule has 0 atom stereocenters. The van der Waals surface area contributed by atoms with Crippen LogP contribution in [0, 0.1) is 0 Å². The molecule has 0 bridgehead atoms. The van der Waals surface area contributed by atoms with Crippen LogP contribution < -0.4 is 15.8 Å². The summed E-state index contributed by atoms with van der Waals surface area (Å²) >= 11 is 0. The molecule has 2 rings (SSSR count). The van der Waals surface area contributed by atoms with Crippen LogP contribution >= 0.6 is 0 Å². The summed E-state index contributed by atoms with van der Waals surface area (Å²) in [6.07, 6.45) is 0. The van der Waals surface area contributed by atoms with Crippen molar-refractivity contribution >= 4 is 11.7 Å². The van der Waals surface area contributed by atoms with Crippen molar-refractivity contribution in [3.63, 3.8) is 0 Å². The molecule has 2 aromatic carbocycles. The summed E-state index contributed by atoms with van der Waals surface area (Å²) in [6, 6.07) is 16.4. The maximum atomic E-state index is 10.9. The van der Waals surface area contributed by atoms with Crippen molar-refractivity contribution in [1.82, 2.24) is 0 Å². The summed E-state index contributed by atoms with van der Waals surface area (Å²) in [6.45, 7) is 0.443. The van der Waals surface area contributed by atoms with Crippen LogP contribution in [0.15, 0.2) is 54.6 Å². The molecule has 92 valence electrons. The Morgan fingerprint density at radius 2 is 1.72 bits per heavy atom. The van der Waals surface area contributed by atoms with Crippen LogP contribution in [0.5, 0.6) is 5.75 Å². The lowest BCUT2D eigenvalue weighted by molar-refractivity contribution is 0.259. The van der Waals surface area contributed by atoms with Gasteiger partial charge < -0.3 is 15.8 Å².